The Morgan fingerprint density at radius 2 is 1.36 bits per heavy atom. The first-order valence-electron chi connectivity index (χ1n) is 14.7. The first kappa shape index (κ1) is 31.7. The number of hydrogen-bond donors (Lipinski definition) is 0. The lowest BCUT2D eigenvalue weighted by molar-refractivity contribution is -0.280. The maximum atomic E-state index is 13.4. The summed E-state index contributed by atoms with van der Waals surface area (Å²) in [5, 5.41) is 0.993. The van der Waals surface area contributed by atoms with Crippen molar-refractivity contribution in [1.29, 1.82) is 0 Å². The maximum Gasteiger partial charge on any atom is 0.339 e. The standard InChI is InChI=1S/C33H32O14/c1-14-28(44-15(2)34)30(45-16(3)35)31(46-17(4)36)33(43-14)47-29-20-11-24(39-6)23(38-5)10-19(20)26(27-21(29)12-40-32(27)37)18-7-8-22-25(9-18)42-13-41-22/h7-11,14,28,30-31,33H,12-13H2,1-6H3/t14-,28+,30+,31-,33+/m0/s1. The van der Waals surface area contributed by atoms with Gasteiger partial charge >= 0.3 is 23.9 Å². The van der Waals surface area contributed by atoms with E-state index in [1.165, 1.54) is 28.1 Å². The molecule has 3 aromatic carbocycles. The largest absolute Gasteiger partial charge is 0.493 e. The van der Waals surface area contributed by atoms with Gasteiger partial charge in [0, 0.05) is 37.3 Å². The minimum Gasteiger partial charge on any atom is -0.493 e. The van der Waals surface area contributed by atoms with Gasteiger partial charge in [-0.05, 0) is 42.1 Å². The third kappa shape index (κ3) is 5.80. The molecular weight excluding hydrogens is 620 g/mol. The Balaban J connectivity index is 1.56. The number of fused-ring (bicyclic) bond motifs is 3. The quantitative estimate of drug-likeness (QED) is 0.255. The van der Waals surface area contributed by atoms with E-state index in [2.05, 4.69) is 0 Å². The summed E-state index contributed by atoms with van der Waals surface area (Å²) in [6, 6.07) is 8.70. The first-order chi connectivity index (χ1) is 22.5. The second-order valence-corrected chi connectivity index (χ2v) is 11.0. The van der Waals surface area contributed by atoms with Gasteiger partial charge in [-0.3, -0.25) is 14.4 Å². The molecule has 47 heavy (non-hydrogen) atoms. The van der Waals surface area contributed by atoms with Gasteiger partial charge in [0.25, 0.3) is 0 Å². The summed E-state index contributed by atoms with van der Waals surface area (Å²) in [7, 11) is 2.96. The Morgan fingerprint density at radius 3 is 2.02 bits per heavy atom. The lowest BCUT2D eigenvalue weighted by Gasteiger charge is -2.43. The Bertz CT molecular complexity index is 1780. The molecule has 1 saturated heterocycles. The fraction of sp³-hybridized carbons (Fsp3) is 0.394. The van der Waals surface area contributed by atoms with Gasteiger partial charge in [-0.2, -0.15) is 0 Å². The van der Waals surface area contributed by atoms with Crippen molar-refractivity contribution in [3.05, 3.63) is 41.5 Å². The number of esters is 4. The van der Waals surface area contributed by atoms with Gasteiger partial charge in [0.2, 0.25) is 19.2 Å². The van der Waals surface area contributed by atoms with E-state index in [0.29, 0.717) is 50.5 Å². The molecule has 0 saturated carbocycles. The maximum absolute atomic E-state index is 13.4. The van der Waals surface area contributed by atoms with Crippen LogP contribution in [0.5, 0.6) is 28.7 Å². The third-order valence-electron chi connectivity index (χ3n) is 7.94. The van der Waals surface area contributed by atoms with Gasteiger partial charge in [-0.1, -0.05) is 6.07 Å². The highest BCUT2D eigenvalue weighted by Crippen LogP contribution is 2.50. The molecule has 5 atom stereocenters. The number of methoxy groups -OCH3 is 2. The van der Waals surface area contributed by atoms with E-state index in [1.54, 1.807) is 37.3 Å². The van der Waals surface area contributed by atoms with Crippen LogP contribution in [0.2, 0.25) is 0 Å². The first-order valence-corrected chi connectivity index (χ1v) is 14.7. The van der Waals surface area contributed by atoms with Crippen LogP contribution in [-0.2, 0) is 44.7 Å². The van der Waals surface area contributed by atoms with Crippen molar-refractivity contribution >= 4 is 34.6 Å². The summed E-state index contributed by atoms with van der Waals surface area (Å²) in [4.78, 5) is 50.0. The smallest absolute Gasteiger partial charge is 0.339 e. The average Bonchev–Trinajstić information content (AvgIpc) is 3.65. The molecule has 0 radical (unpaired) electrons. The zero-order valence-electron chi connectivity index (χ0n) is 26.4. The molecule has 0 spiro atoms. The normalized spacial score (nSPS) is 22.6. The van der Waals surface area contributed by atoms with Crippen molar-refractivity contribution in [2.75, 3.05) is 21.0 Å². The fourth-order valence-electron chi connectivity index (χ4n) is 6.08. The van der Waals surface area contributed by atoms with Crippen molar-refractivity contribution in [2.45, 2.75) is 65.0 Å². The molecule has 3 heterocycles. The van der Waals surface area contributed by atoms with E-state index in [1.807, 2.05) is 0 Å². The molecule has 3 aliphatic rings. The van der Waals surface area contributed by atoms with Crippen molar-refractivity contribution in [3.8, 4) is 39.9 Å². The van der Waals surface area contributed by atoms with Crippen molar-refractivity contribution in [2.24, 2.45) is 0 Å². The van der Waals surface area contributed by atoms with E-state index < -0.39 is 54.6 Å². The van der Waals surface area contributed by atoms with Gasteiger partial charge in [-0.15, -0.1) is 0 Å². The second-order valence-electron chi connectivity index (χ2n) is 11.0. The summed E-state index contributed by atoms with van der Waals surface area (Å²) in [6.45, 7) is 5.02. The summed E-state index contributed by atoms with van der Waals surface area (Å²) in [5.74, 6) is -0.762. The molecule has 0 bridgehead atoms. The van der Waals surface area contributed by atoms with Gasteiger partial charge in [0.05, 0.1) is 25.9 Å². The van der Waals surface area contributed by atoms with E-state index in [0.717, 1.165) is 6.92 Å². The predicted molar refractivity (Wildman–Crippen MR) is 159 cm³/mol. The molecule has 3 aliphatic heterocycles. The summed E-state index contributed by atoms with van der Waals surface area (Å²) >= 11 is 0. The van der Waals surface area contributed by atoms with E-state index >= 15 is 0 Å². The van der Waals surface area contributed by atoms with Crippen LogP contribution in [0.3, 0.4) is 0 Å². The van der Waals surface area contributed by atoms with Crippen LogP contribution in [0.1, 0.15) is 43.6 Å². The third-order valence-corrected chi connectivity index (χ3v) is 7.94. The van der Waals surface area contributed by atoms with Crippen molar-refractivity contribution in [1.82, 2.24) is 0 Å². The van der Waals surface area contributed by atoms with Crippen LogP contribution in [0, 0.1) is 0 Å². The molecule has 0 aromatic heterocycles. The molecule has 1 fully saturated rings. The molecule has 14 nitrogen and oxygen atoms in total. The molecule has 0 amide bonds. The average molecular weight is 653 g/mol. The van der Waals surface area contributed by atoms with Crippen LogP contribution in [0.4, 0.5) is 0 Å². The minimum absolute atomic E-state index is 0.0629. The molecule has 14 heteroatoms. The number of rotatable bonds is 8. The molecule has 0 unspecified atom stereocenters. The van der Waals surface area contributed by atoms with E-state index in [9.17, 15) is 19.2 Å². The number of cyclic esters (lactones) is 1. The monoisotopic (exact) mass is 652 g/mol. The number of benzene rings is 3. The lowest BCUT2D eigenvalue weighted by Crippen LogP contribution is -2.62. The topological polar surface area (TPSA) is 161 Å². The van der Waals surface area contributed by atoms with Crippen molar-refractivity contribution < 1.29 is 66.5 Å². The minimum atomic E-state index is -1.41. The fourth-order valence-corrected chi connectivity index (χ4v) is 6.08. The highest BCUT2D eigenvalue weighted by Gasteiger charge is 2.52. The molecule has 248 valence electrons. The Morgan fingerprint density at radius 1 is 0.745 bits per heavy atom. The van der Waals surface area contributed by atoms with Gasteiger partial charge < -0.3 is 47.4 Å². The highest BCUT2D eigenvalue weighted by molar-refractivity contribution is 6.14. The molecule has 3 aromatic rings. The number of carbonyl (C=O) groups excluding carboxylic acids is 4. The predicted octanol–water partition coefficient (Wildman–Crippen LogP) is 3.84. The zero-order chi connectivity index (χ0) is 33.6. The summed E-state index contributed by atoms with van der Waals surface area (Å²) in [6.07, 6.45) is -6.12. The summed E-state index contributed by atoms with van der Waals surface area (Å²) < 4.78 is 57.2. The van der Waals surface area contributed by atoms with Gasteiger partial charge in [0.15, 0.2) is 35.2 Å². The Hall–Kier alpha value is -5.24. The highest BCUT2D eigenvalue weighted by atomic mass is 16.7. The van der Waals surface area contributed by atoms with E-state index in [-0.39, 0.29) is 24.7 Å². The second kappa shape index (κ2) is 12.5. The van der Waals surface area contributed by atoms with Crippen LogP contribution < -0.4 is 23.7 Å². The summed E-state index contributed by atoms with van der Waals surface area (Å²) in [5.41, 5.74) is 1.76. The zero-order valence-corrected chi connectivity index (χ0v) is 26.4. The lowest BCUT2D eigenvalue weighted by atomic mass is 9.89. The Kier molecular flexibility index (Phi) is 8.45. The van der Waals surface area contributed by atoms with Crippen LogP contribution >= 0.6 is 0 Å². The van der Waals surface area contributed by atoms with Crippen LogP contribution in [-0.4, -0.2) is 75.6 Å². The number of carbonyl (C=O) groups is 4. The van der Waals surface area contributed by atoms with Gasteiger partial charge in [0.1, 0.15) is 12.4 Å². The molecule has 0 aliphatic carbocycles. The van der Waals surface area contributed by atoms with Crippen LogP contribution in [0.15, 0.2) is 30.3 Å². The molecule has 0 N–H and O–H groups in total. The molecule has 6 rings (SSSR count). The number of ether oxygens (including phenoxy) is 10. The van der Waals surface area contributed by atoms with E-state index in [4.69, 9.17) is 47.4 Å². The number of hydrogen-bond acceptors (Lipinski definition) is 14. The molecular formula is C33H32O14. The SMILES string of the molecule is COc1cc2c(O[C@H]3O[C@@H](C)[C@@H](OC(C)=O)[C@@H](OC(C)=O)[C@@H]3OC(C)=O)c3c(c(-c4ccc5c(c4)OCO5)c2cc1OC)C(=O)OC3. The van der Waals surface area contributed by atoms with Gasteiger partial charge in [-0.25, -0.2) is 4.79 Å². The Labute approximate surface area is 268 Å². The van der Waals surface area contributed by atoms with Crippen LogP contribution in [0.25, 0.3) is 21.9 Å². The van der Waals surface area contributed by atoms with Crippen molar-refractivity contribution in [3.63, 3.8) is 0 Å².